The molecule has 9 nitrogen and oxygen atoms in total. The molecule has 0 fully saturated rings. The summed E-state index contributed by atoms with van der Waals surface area (Å²) in [5, 5.41) is 2.74. The molecule has 3 aromatic rings. The molecule has 3 rings (SSSR count). The lowest BCUT2D eigenvalue weighted by atomic mass is 10.2. The average Bonchev–Trinajstić information content (AvgIpc) is 3.10. The van der Waals surface area contributed by atoms with Crippen LogP contribution in [0.2, 0.25) is 4.34 Å². The van der Waals surface area contributed by atoms with Crippen LogP contribution in [0.25, 0.3) is 0 Å². The van der Waals surface area contributed by atoms with Gasteiger partial charge in [-0.25, -0.2) is 4.98 Å². The van der Waals surface area contributed by atoms with Crippen LogP contribution in [0.1, 0.15) is 24.2 Å². The van der Waals surface area contributed by atoms with Crippen LogP contribution in [0, 0.1) is 0 Å². The summed E-state index contributed by atoms with van der Waals surface area (Å²) < 4.78 is 28.7. The van der Waals surface area contributed by atoms with E-state index in [1.807, 2.05) is 13.8 Å². The van der Waals surface area contributed by atoms with Gasteiger partial charge in [-0.15, -0.1) is 0 Å². The van der Waals surface area contributed by atoms with Crippen molar-refractivity contribution in [3.63, 3.8) is 0 Å². The number of nitrogens with one attached hydrogen (secondary N) is 1. The molecule has 0 saturated carbocycles. The predicted molar refractivity (Wildman–Crippen MR) is 122 cm³/mol. The van der Waals surface area contributed by atoms with E-state index in [2.05, 4.69) is 10.3 Å². The number of ether oxygens (including phenoxy) is 3. The van der Waals surface area contributed by atoms with Gasteiger partial charge < -0.3 is 24.0 Å². The van der Waals surface area contributed by atoms with Crippen molar-refractivity contribution in [1.82, 2.24) is 4.98 Å². The number of carbonyl (C=O) groups is 1. The maximum Gasteiger partial charge on any atom is 0.359 e. The fraction of sp³-hybridized carbons (Fsp3) is 0.200. The summed E-state index contributed by atoms with van der Waals surface area (Å²) in [4.78, 5) is 35.6. The monoisotopic (exact) mass is 498 g/mol. The van der Waals surface area contributed by atoms with Gasteiger partial charge in [0.15, 0.2) is 5.13 Å². The van der Waals surface area contributed by atoms with Crippen molar-refractivity contribution >= 4 is 46.9 Å². The summed E-state index contributed by atoms with van der Waals surface area (Å²) >= 11 is 6.98. The third-order valence-corrected chi connectivity index (χ3v) is 5.94. The Morgan fingerprint density at radius 2 is 1.88 bits per heavy atom. The smallest absolute Gasteiger partial charge is 0.359 e. The van der Waals surface area contributed by atoms with Gasteiger partial charge in [0.25, 0.3) is 5.91 Å². The van der Waals surface area contributed by atoms with Crippen LogP contribution < -0.4 is 24.8 Å². The number of carbonyl (C=O) groups excluding carboxylic acids is 1. The summed E-state index contributed by atoms with van der Waals surface area (Å²) in [5.74, 6) is 0.461. The number of thiazole rings is 1. The number of hydrogen-bond acceptors (Lipinski definition) is 7. The maximum absolute atomic E-state index is 12.7. The van der Waals surface area contributed by atoms with Crippen molar-refractivity contribution in [2.24, 2.45) is 0 Å². The van der Waals surface area contributed by atoms with E-state index < -0.39 is 13.5 Å². The first kappa shape index (κ1) is 24.0. The Labute approximate surface area is 193 Å². The topological polar surface area (TPSA) is 127 Å². The number of amides is 1. The van der Waals surface area contributed by atoms with E-state index in [0.29, 0.717) is 15.2 Å². The van der Waals surface area contributed by atoms with Crippen LogP contribution >= 0.6 is 30.5 Å². The molecule has 170 valence electrons. The molecule has 0 bridgehead atoms. The number of halogens is 1. The van der Waals surface area contributed by atoms with E-state index >= 15 is 0 Å². The molecule has 1 aromatic heterocycles. The van der Waals surface area contributed by atoms with E-state index in [1.54, 1.807) is 12.1 Å². The summed E-state index contributed by atoms with van der Waals surface area (Å²) in [6.45, 7) is 3.69. The Morgan fingerprint density at radius 3 is 2.47 bits per heavy atom. The van der Waals surface area contributed by atoms with Crippen molar-refractivity contribution in [3.05, 3.63) is 52.5 Å². The molecule has 0 aliphatic rings. The van der Waals surface area contributed by atoms with Crippen LogP contribution in [-0.2, 0) is 4.57 Å². The van der Waals surface area contributed by atoms with Crippen molar-refractivity contribution in [1.29, 1.82) is 0 Å². The molecule has 0 aliphatic heterocycles. The Bertz CT molecular complexity index is 1180. The number of nitrogens with zero attached hydrogens (tertiary/aromatic N) is 1. The van der Waals surface area contributed by atoms with Crippen LogP contribution in [0.4, 0.5) is 5.13 Å². The molecule has 0 unspecified atom stereocenters. The molecule has 0 radical (unpaired) electrons. The van der Waals surface area contributed by atoms with Gasteiger partial charge in [-0.3, -0.25) is 14.7 Å². The Kier molecular flexibility index (Phi) is 7.43. The van der Waals surface area contributed by atoms with Gasteiger partial charge in [0, 0.05) is 17.7 Å². The fourth-order valence-corrected chi connectivity index (χ4v) is 4.20. The molecule has 2 aromatic carbocycles. The van der Waals surface area contributed by atoms with Crippen molar-refractivity contribution in [2.45, 2.75) is 20.0 Å². The SMILES string of the molecule is COc1cc(Oc2cc(OC(C)C)cc(C(=O)Nc3ncc(Cl)s3)c2)ccc1P(=O)(O)O. The second kappa shape index (κ2) is 9.89. The summed E-state index contributed by atoms with van der Waals surface area (Å²) in [6, 6.07) is 8.63. The summed E-state index contributed by atoms with van der Waals surface area (Å²) in [7, 11) is -3.22. The first-order chi connectivity index (χ1) is 15.0. The van der Waals surface area contributed by atoms with Gasteiger partial charge >= 0.3 is 7.60 Å². The quantitative estimate of drug-likeness (QED) is 0.389. The predicted octanol–water partition coefficient (Wildman–Crippen LogP) is 4.44. The Hall–Kier alpha value is -2.62. The van der Waals surface area contributed by atoms with Gasteiger partial charge in [-0.2, -0.15) is 0 Å². The summed E-state index contributed by atoms with van der Waals surface area (Å²) in [6.07, 6.45) is 1.28. The minimum atomic E-state index is -4.52. The van der Waals surface area contributed by atoms with E-state index in [1.165, 1.54) is 37.6 Å². The van der Waals surface area contributed by atoms with Gasteiger partial charge in [0.05, 0.1) is 19.4 Å². The zero-order valence-electron chi connectivity index (χ0n) is 17.2. The highest BCUT2D eigenvalue weighted by molar-refractivity contribution is 7.60. The number of hydrogen-bond donors (Lipinski definition) is 3. The first-order valence-electron chi connectivity index (χ1n) is 9.21. The number of benzene rings is 2. The van der Waals surface area contributed by atoms with E-state index in [9.17, 15) is 19.1 Å². The number of aromatic nitrogens is 1. The standard InChI is InChI=1S/C20H20ClN2O7PS/c1-11(2)29-14-6-12(19(24)23-20-22-10-18(21)32-20)7-15(8-14)30-13-4-5-17(31(25,26)27)16(9-13)28-3/h4-11H,1-3H3,(H,22,23,24)(H2,25,26,27). The number of methoxy groups -OCH3 is 1. The Balaban J connectivity index is 1.92. The third-order valence-electron chi connectivity index (χ3n) is 3.91. The minimum Gasteiger partial charge on any atom is -0.496 e. The van der Waals surface area contributed by atoms with E-state index in [4.69, 9.17) is 25.8 Å². The molecule has 32 heavy (non-hydrogen) atoms. The minimum absolute atomic E-state index is 0.0240. The highest BCUT2D eigenvalue weighted by atomic mass is 35.5. The van der Waals surface area contributed by atoms with Crippen molar-refractivity contribution < 1.29 is 33.4 Å². The molecule has 3 N–H and O–H groups in total. The molecule has 1 heterocycles. The molecule has 0 saturated heterocycles. The van der Waals surface area contributed by atoms with Gasteiger partial charge in [-0.05, 0) is 38.1 Å². The maximum atomic E-state index is 12.7. The number of anilines is 1. The molecule has 12 heteroatoms. The van der Waals surface area contributed by atoms with E-state index in [0.717, 1.165) is 11.3 Å². The van der Waals surface area contributed by atoms with Crippen LogP contribution in [0.5, 0.6) is 23.0 Å². The van der Waals surface area contributed by atoms with Gasteiger partial charge in [0.1, 0.15) is 32.6 Å². The second-order valence-corrected chi connectivity index (χ2v) is 9.99. The molecule has 0 aliphatic carbocycles. The fourth-order valence-electron chi connectivity index (χ4n) is 2.68. The first-order valence-corrected chi connectivity index (χ1v) is 12.0. The lowest BCUT2D eigenvalue weighted by molar-refractivity contribution is 0.102. The Morgan fingerprint density at radius 1 is 1.16 bits per heavy atom. The molecular weight excluding hydrogens is 479 g/mol. The molecule has 0 atom stereocenters. The van der Waals surface area contributed by atoms with Gasteiger partial charge in [0.2, 0.25) is 0 Å². The van der Waals surface area contributed by atoms with Crippen LogP contribution in [0.15, 0.2) is 42.6 Å². The highest BCUT2D eigenvalue weighted by Gasteiger charge is 2.23. The van der Waals surface area contributed by atoms with E-state index in [-0.39, 0.29) is 34.2 Å². The highest BCUT2D eigenvalue weighted by Crippen LogP contribution is 2.39. The largest absolute Gasteiger partial charge is 0.496 e. The van der Waals surface area contributed by atoms with Crippen molar-refractivity contribution in [3.8, 4) is 23.0 Å². The zero-order chi connectivity index (χ0) is 23.5. The summed E-state index contributed by atoms with van der Waals surface area (Å²) in [5.41, 5.74) is 0.253. The average molecular weight is 499 g/mol. The van der Waals surface area contributed by atoms with Crippen LogP contribution in [-0.4, -0.2) is 33.9 Å². The lowest BCUT2D eigenvalue weighted by Crippen LogP contribution is -2.13. The zero-order valence-corrected chi connectivity index (χ0v) is 19.7. The molecule has 1 amide bonds. The van der Waals surface area contributed by atoms with Crippen molar-refractivity contribution in [2.75, 3.05) is 12.4 Å². The normalized spacial score (nSPS) is 11.3. The lowest BCUT2D eigenvalue weighted by Gasteiger charge is -2.15. The second-order valence-electron chi connectivity index (χ2n) is 6.76. The molecule has 0 spiro atoms. The van der Waals surface area contributed by atoms with Gasteiger partial charge in [-0.1, -0.05) is 22.9 Å². The molecular formula is C20H20ClN2O7PS. The van der Waals surface area contributed by atoms with Crippen LogP contribution in [0.3, 0.4) is 0 Å². The number of rotatable bonds is 8. The third kappa shape index (κ3) is 6.21.